The molecular formula is C19H21N3O3. The van der Waals surface area contributed by atoms with Crippen molar-refractivity contribution in [2.75, 3.05) is 20.8 Å². The van der Waals surface area contributed by atoms with Gasteiger partial charge in [-0.05, 0) is 43.2 Å². The highest BCUT2D eigenvalue weighted by molar-refractivity contribution is 5.99. The van der Waals surface area contributed by atoms with Gasteiger partial charge < -0.3 is 19.8 Å². The number of benzene rings is 2. The molecule has 0 saturated carbocycles. The quantitative estimate of drug-likeness (QED) is 0.724. The molecule has 0 atom stereocenters. The van der Waals surface area contributed by atoms with Crippen LogP contribution in [-0.4, -0.2) is 36.6 Å². The minimum atomic E-state index is -0.215. The number of aryl methyl sites for hydroxylation is 1. The molecule has 0 bridgehead atoms. The first-order valence-corrected chi connectivity index (χ1v) is 8.07. The number of ether oxygens (including phenoxy) is 2. The van der Waals surface area contributed by atoms with Crippen LogP contribution in [0.2, 0.25) is 0 Å². The van der Waals surface area contributed by atoms with Gasteiger partial charge in [-0.25, -0.2) is 4.98 Å². The van der Waals surface area contributed by atoms with E-state index in [9.17, 15) is 4.79 Å². The monoisotopic (exact) mass is 339 g/mol. The molecule has 0 fully saturated rings. The maximum atomic E-state index is 12.5. The standard InChI is InChI=1S/C19H21N3O3/c1-12-21-14-8-7-13(11-15(14)22-12)9-10-20-19(23)18-16(24-2)5-4-6-17(18)25-3/h4-8,11H,9-10H2,1-3H3,(H,20,23)(H,21,22). The zero-order chi connectivity index (χ0) is 17.8. The van der Waals surface area contributed by atoms with E-state index >= 15 is 0 Å². The summed E-state index contributed by atoms with van der Waals surface area (Å²) in [4.78, 5) is 20.1. The number of carbonyl (C=O) groups is 1. The van der Waals surface area contributed by atoms with E-state index in [2.05, 4.69) is 21.4 Å². The van der Waals surface area contributed by atoms with Gasteiger partial charge in [0.1, 0.15) is 22.9 Å². The van der Waals surface area contributed by atoms with Gasteiger partial charge in [0.25, 0.3) is 5.91 Å². The predicted molar refractivity (Wildman–Crippen MR) is 96.4 cm³/mol. The second-order valence-corrected chi connectivity index (χ2v) is 5.72. The average Bonchev–Trinajstić information content (AvgIpc) is 3.00. The van der Waals surface area contributed by atoms with Crippen LogP contribution in [-0.2, 0) is 6.42 Å². The number of aromatic nitrogens is 2. The number of H-pyrrole nitrogens is 1. The summed E-state index contributed by atoms with van der Waals surface area (Å²) in [6, 6.07) is 11.3. The molecule has 2 aromatic carbocycles. The zero-order valence-corrected chi connectivity index (χ0v) is 14.6. The number of hydrogen-bond acceptors (Lipinski definition) is 4. The molecule has 2 N–H and O–H groups in total. The first-order chi connectivity index (χ1) is 12.1. The lowest BCUT2D eigenvalue weighted by molar-refractivity contribution is 0.0948. The first kappa shape index (κ1) is 16.8. The molecule has 1 amide bonds. The molecule has 3 aromatic rings. The maximum Gasteiger partial charge on any atom is 0.258 e. The number of methoxy groups -OCH3 is 2. The normalized spacial score (nSPS) is 10.7. The topological polar surface area (TPSA) is 76.2 Å². The van der Waals surface area contributed by atoms with E-state index in [1.54, 1.807) is 18.2 Å². The number of imidazole rings is 1. The Hall–Kier alpha value is -3.02. The third-order valence-electron chi connectivity index (χ3n) is 4.02. The van der Waals surface area contributed by atoms with Crippen LogP contribution in [0.3, 0.4) is 0 Å². The fourth-order valence-corrected chi connectivity index (χ4v) is 2.82. The number of hydrogen-bond donors (Lipinski definition) is 2. The van der Waals surface area contributed by atoms with Crippen LogP contribution in [0.5, 0.6) is 11.5 Å². The molecule has 0 aliphatic heterocycles. The molecule has 130 valence electrons. The number of nitrogens with zero attached hydrogens (tertiary/aromatic N) is 1. The van der Waals surface area contributed by atoms with Crippen molar-refractivity contribution in [2.24, 2.45) is 0 Å². The molecule has 0 spiro atoms. The molecular weight excluding hydrogens is 318 g/mol. The number of aromatic amines is 1. The van der Waals surface area contributed by atoms with Crippen LogP contribution in [0.25, 0.3) is 11.0 Å². The summed E-state index contributed by atoms with van der Waals surface area (Å²) < 4.78 is 10.5. The number of carbonyl (C=O) groups excluding carboxylic acids is 1. The van der Waals surface area contributed by atoms with Gasteiger partial charge in [0.15, 0.2) is 0 Å². The van der Waals surface area contributed by atoms with Crippen LogP contribution in [0.15, 0.2) is 36.4 Å². The van der Waals surface area contributed by atoms with Crippen LogP contribution in [0.4, 0.5) is 0 Å². The van der Waals surface area contributed by atoms with Crippen LogP contribution in [0.1, 0.15) is 21.7 Å². The molecule has 6 nitrogen and oxygen atoms in total. The second-order valence-electron chi connectivity index (χ2n) is 5.72. The van der Waals surface area contributed by atoms with Crippen molar-refractivity contribution >= 4 is 16.9 Å². The van der Waals surface area contributed by atoms with Gasteiger partial charge in [-0.3, -0.25) is 4.79 Å². The van der Waals surface area contributed by atoms with E-state index in [0.717, 1.165) is 28.8 Å². The van der Waals surface area contributed by atoms with Crippen molar-refractivity contribution < 1.29 is 14.3 Å². The van der Waals surface area contributed by atoms with Gasteiger partial charge in [-0.1, -0.05) is 12.1 Å². The van der Waals surface area contributed by atoms with Crippen molar-refractivity contribution in [3.05, 3.63) is 53.3 Å². The Kier molecular flexibility index (Phi) is 4.88. The molecule has 25 heavy (non-hydrogen) atoms. The second kappa shape index (κ2) is 7.25. The molecule has 1 heterocycles. The van der Waals surface area contributed by atoms with E-state index in [0.29, 0.717) is 23.6 Å². The van der Waals surface area contributed by atoms with E-state index in [-0.39, 0.29) is 5.91 Å². The van der Waals surface area contributed by atoms with Gasteiger partial charge in [-0.15, -0.1) is 0 Å². The molecule has 0 saturated heterocycles. The lowest BCUT2D eigenvalue weighted by Gasteiger charge is -2.13. The summed E-state index contributed by atoms with van der Waals surface area (Å²) in [5, 5.41) is 2.93. The van der Waals surface area contributed by atoms with Crippen molar-refractivity contribution in [1.29, 1.82) is 0 Å². The number of fused-ring (bicyclic) bond motifs is 1. The lowest BCUT2D eigenvalue weighted by Crippen LogP contribution is -2.26. The minimum absolute atomic E-state index is 0.215. The molecule has 0 aliphatic carbocycles. The Morgan fingerprint density at radius 2 is 1.88 bits per heavy atom. The summed E-state index contributed by atoms with van der Waals surface area (Å²) in [6.07, 6.45) is 0.719. The molecule has 0 radical (unpaired) electrons. The Bertz CT molecular complexity index is 880. The van der Waals surface area contributed by atoms with Crippen LogP contribution < -0.4 is 14.8 Å². The largest absolute Gasteiger partial charge is 0.496 e. The Morgan fingerprint density at radius 1 is 1.16 bits per heavy atom. The third-order valence-corrected chi connectivity index (χ3v) is 4.02. The van der Waals surface area contributed by atoms with E-state index in [1.165, 1.54) is 14.2 Å². The fraction of sp³-hybridized carbons (Fsp3) is 0.263. The predicted octanol–water partition coefficient (Wildman–Crippen LogP) is 2.86. The molecule has 3 rings (SSSR count). The van der Waals surface area contributed by atoms with Crippen molar-refractivity contribution in [2.45, 2.75) is 13.3 Å². The Morgan fingerprint density at radius 3 is 2.56 bits per heavy atom. The molecule has 0 unspecified atom stereocenters. The molecule has 0 aliphatic rings. The maximum absolute atomic E-state index is 12.5. The van der Waals surface area contributed by atoms with Gasteiger partial charge in [0, 0.05) is 6.54 Å². The summed E-state index contributed by atoms with van der Waals surface area (Å²) in [6.45, 7) is 2.44. The van der Waals surface area contributed by atoms with Crippen LogP contribution in [0, 0.1) is 6.92 Å². The summed E-state index contributed by atoms with van der Waals surface area (Å²) in [7, 11) is 3.07. The van der Waals surface area contributed by atoms with Gasteiger partial charge in [0.05, 0.1) is 25.3 Å². The lowest BCUT2D eigenvalue weighted by atomic mass is 10.1. The SMILES string of the molecule is COc1cccc(OC)c1C(=O)NCCc1ccc2nc(C)[nH]c2c1. The van der Waals surface area contributed by atoms with Gasteiger partial charge >= 0.3 is 0 Å². The van der Waals surface area contributed by atoms with Gasteiger partial charge in [-0.2, -0.15) is 0 Å². The summed E-state index contributed by atoms with van der Waals surface area (Å²) in [5.41, 5.74) is 3.49. The smallest absolute Gasteiger partial charge is 0.258 e. The Balaban J connectivity index is 1.68. The van der Waals surface area contributed by atoms with Crippen molar-refractivity contribution in [3.63, 3.8) is 0 Å². The molecule has 6 heteroatoms. The van der Waals surface area contributed by atoms with E-state index in [4.69, 9.17) is 9.47 Å². The third kappa shape index (κ3) is 3.57. The minimum Gasteiger partial charge on any atom is -0.496 e. The fourth-order valence-electron chi connectivity index (χ4n) is 2.82. The highest BCUT2D eigenvalue weighted by Gasteiger charge is 2.17. The Labute approximate surface area is 146 Å². The highest BCUT2D eigenvalue weighted by atomic mass is 16.5. The van der Waals surface area contributed by atoms with Crippen LogP contribution >= 0.6 is 0 Å². The zero-order valence-electron chi connectivity index (χ0n) is 14.6. The van der Waals surface area contributed by atoms with Crippen molar-refractivity contribution in [3.8, 4) is 11.5 Å². The number of rotatable bonds is 6. The average molecular weight is 339 g/mol. The van der Waals surface area contributed by atoms with Gasteiger partial charge in [0.2, 0.25) is 0 Å². The number of nitrogens with one attached hydrogen (secondary N) is 2. The highest BCUT2D eigenvalue weighted by Crippen LogP contribution is 2.27. The molecule has 1 aromatic heterocycles. The number of amides is 1. The first-order valence-electron chi connectivity index (χ1n) is 8.07. The van der Waals surface area contributed by atoms with E-state index < -0.39 is 0 Å². The van der Waals surface area contributed by atoms with Crippen molar-refractivity contribution in [1.82, 2.24) is 15.3 Å². The summed E-state index contributed by atoms with van der Waals surface area (Å²) >= 11 is 0. The summed E-state index contributed by atoms with van der Waals surface area (Å²) in [5.74, 6) is 1.66. The van der Waals surface area contributed by atoms with E-state index in [1.807, 2.05) is 19.1 Å².